The van der Waals surface area contributed by atoms with Gasteiger partial charge < -0.3 is 5.32 Å². The second kappa shape index (κ2) is 7.77. The molecular weight excluding hydrogens is 382 g/mol. The largest absolute Gasteiger partial charge is 0.352 e. The van der Waals surface area contributed by atoms with Gasteiger partial charge in [-0.2, -0.15) is 0 Å². The van der Waals surface area contributed by atoms with Gasteiger partial charge in [-0.05, 0) is 53.6 Å². The topological polar surface area (TPSA) is 29.1 Å². The smallest absolute Gasteiger partial charge is 0.251 e. The summed E-state index contributed by atoms with van der Waals surface area (Å²) in [6, 6.07) is 13.6. The molecule has 24 heavy (non-hydrogen) atoms. The molecule has 3 aromatic rings. The van der Waals surface area contributed by atoms with E-state index in [0.29, 0.717) is 12.1 Å². The van der Waals surface area contributed by atoms with Crippen LogP contribution in [-0.4, -0.2) is 12.5 Å². The lowest BCUT2D eigenvalue weighted by atomic mass is 10.0. The number of fused-ring (bicyclic) bond motifs is 1. The minimum Gasteiger partial charge on any atom is -0.352 e. The Labute approximate surface area is 154 Å². The van der Waals surface area contributed by atoms with Gasteiger partial charge in [0.1, 0.15) is 0 Å². The Morgan fingerprint density at radius 1 is 1.21 bits per heavy atom. The fraction of sp³-hybridized carbons (Fsp3) is 0.150. The average molecular weight is 400 g/mol. The third kappa shape index (κ3) is 3.60. The molecule has 0 aliphatic carbocycles. The van der Waals surface area contributed by atoms with Crippen molar-refractivity contribution >= 4 is 43.3 Å². The molecule has 1 N–H and O–H groups in total. The number of rotatable bonds is 6. The molecule has 0 spiro atoms. The first-order valence-electron chi connectivity index (χ1n) is 7.82. The zero-order chi connectivity index (χ0) is 16.9. The number of benzene rings is 2. The second-order valence-corrected chi connectivity index (χ2v) is 7.29. The normalized spacial score (nSPS) is 10.7. The van der Waals surface area contributed by atoms with Gasteiger partial charge in [0.15, 0.2) is 0 Å². The number of carbonyl (C=O) groups excluding carboxylic acids is 1. The van der Waals surface area contributed by atoms with Gasteiger partial charge in [-0.1, -0.05) is 40.2 Å². The predicted octanol–water partition coefficient (Wildman–Crippen LogP) is 5.36. The highest BCUT2D eigenvalue weighted by atomic mass is 79.9. The van der Waals surface area contributed by atoms with Gasteiger partial charge in [0.25, 0.3) is 5.91 Å². The Morgan fingerprint density at radius 3 is 2.75 bits per heavy atom. The molecule has 0 aliphatic heterocycles. The van der Waals surface area contributed by atoms with Gasteiger partial charge in [0.2, 0.25) is 0 Å². The summed E-state index contributed by atoms with van der Waals surface area (Å²) in [5.41, 5.74) is 3.25. The molecule has 0 atom stereocenters. The van der Waals surface area contributed by atoms with Crippen molar-refractivity contribution in [3.05, 3.63) is 81.7 Å². The van der Waals surface area contributed by atoms with Gasteiger partial charge in [0.05, 0.1) is 0 Å². The first-order valence-corrected chi connectivity index (χ1v) is 9.49. The van der Waals surface area contributed by atoms with Crippen molar-refractivity contribution in [1.29, 1.82) is 0 Å². The monoisotopic (exact) mass is 399 g/mol. The quantitative estimate of drug-likeness (QED) is 0.554. The van der Waals surface area contributed by atoms with Gasteiger partial charge in [-0.3, -0.25) is 4.79 Å². The third-order valence-electron chi connectivity index (χ3n) is 3.93. The van der Waals surface area contributed by atoms with E-state index in [9.17, 15) is 4.79 Å². The maximum atomic E-state index is 12.1. The van der Waals surface area contributed by atoms with E-state index < -0.39 is 0 Å². The Balaban J connectivity index is 1.75. The summed E-state index contributed by atoms with van der Waals surface area (Å²) in [5.74, 6) is -0.0253. The van der Waals surface area contributed by atoms with E-state index in [4.69, 9.17) is 0 Å². The number of carbonyl (C=O) groups is 1. The van der Waals surface area contributed by atoms with Crippen LogP contribution >= 0.6 is 27.3 Å². The standard InChI is InChI=1S/C20H18BrNOS/c1-2-6-16-17(21)9-10-18-19(16)15(13-24-18)11-12-22-20(23)14-7-4-3-5-8-14/h2-5,7-10,13H,1,6,11-12H2,(H,22,23). The van der Waals surface area contributed by atoms with E-state index in [1.54, 1.807) is 11.3 Å². The van der Waals surface area contributed by atoms with E-state index in [-0.39, 0.29) is 5.91 Å². The molecule has 0 saturated carbocycles. The van der Waals surface area contributed by atoms with Crippen LogP contribution < -0.4 is 5.32 Å². The van der Waals surface area contributed by atoms with Crippen LogP contribution in [0, 0.1) is 0 Å². The predicted molar refractivity (Wildman–Crippen MR) is 106 cm³/mol. The van der Waals surface area contributed by atoms with Crippen LogP contribution in [0.25, 0.3) is 10.1 Å². The first kappa shape index (κ1) is 16.9. The summed E-state index contributed by atoms with van der Waals surface area (Å²) in [4.78, 5) is 12.1. The molecule has 0 radical (unpaired) electrons. The maximum absolute atomic E-state index is 12.1. The number of hydrogen-bond acceptors (Lipinski definition) is 2. The van der Waals surface area contributed by atoms with Gasteiger partial charge in [-0.25, -0.2) is 0 Å². The van der Waals surface area contributed by atoms with Crippen molar-refractivity contribution in [2.45, 2.75) is 12.8 Å². The highest BCUT2D eigenvalue weighted by molar-refractivity contribution is 9.10. The van der Waals surface area contributed by atoms with Crippen LogP contribution in [0.5, 0.6) is 0 Å². The molecule has 1 heterocycles. The van der Waals surface area contributed by atoms with E-state index in [1.807, 2.05) is 36.4 Å². The van der Waals surface area contributed by atoms with Crippen molar-refractivity contribution in [3.8, 4) is 0 Å². The molecule has 0 aliphatic rings. The Morgan fingerprint density at radius 2 is 2.00 bits per heavy atom. The molecule has 2 nitrogen and oxygen atoms in total. The lowest BCUT2D eigenvalue weighted by molar-refractivity contribution is 0.0954. The fourth-order valence-electron chi connectivity index (χ4n) is 2.77. The van der Waals surface area contributed by atoms with E-state index in [2.05, 4.69) is 45.3 Å². The number of halogens is 1. The third-order valence-corrected chi connectivity index (χ3v) is 5.67. The van der Waals surface area contributed by atoms with Gasteiger partial charge in [0, 0.05) is 26.7 Å². The molecule has 3 rings (SSSR count). The maximum Gasteiger partial charge on any atom is 0.251 e. The van der Waals surface area contributed by atoms with Crippen LogP contribution in [0.3, 0.4) is 0 Å². The number of amides is 1. The molecule has 0 unspecified atom stereocenters. The molecular formula is C20H18BrNOS. The number of hydrogen-bond donors (Lipinski definition) is 1. The van der Waals surface area contributed by atoms with Crippen LogP contribution in [-0.2, 0) is 12.8 Å². The molecule has 122 valence electrons. The van der Waals surface area contributed by atoms with Crippen molar-refractivity contribution in [2.75, 3.05) is 6.54 Å². The summed E-state index contributed by atoms with van der Waals surface area (Å²) >= 11 is 5.40. The second-order valence-electron chi connectivity index (χ2n) is 5.52. The summed E-state index contributed by atoms with van der Waals surface area (Å²) in [6.07, 6.45) is 3.58. The summed E-state index contributed by atoms with van der Waals surface area (Å²) in [6.45, 7) is 4.49. The fourth-order valence-corrected chi connectivity index (χ4v) is 4.29. The van der Waals surface area contributed by atoms with Gasteiger partial charge in [-0.15, -0.1) is 17.9 Å². The Kier molecular flexibility index (Phi) is 5.48. The van der Waals surface area contributed by atoms with Crippen LogP contribution in [0.4, 0.5) is 0 Å². The Bertz CT molecular complexity index is 870. The average Bonchev–Trinajstić information content (AvgIpc) is 3.01. The van der Waals surface area contributed by atoms with Crippen LogP contribution in [0.2, 0.25) is 0 Å². The number of nitrogens with one attached hydrogen (secondary N) is 1. The summed E-state index contributed by atoms with van der Waals surface area (Å²) in [7, 11) is 0. The molecule has 0 saturated heterocycles. The lowest BCUT2D eigenvalue weighted by Crippen LogP contribution is -2.25. The van der Waals surface area contributed by atoms with Crippen molar-refractivity contribution < 1.29 is 4.79 Å². The molecule has 1 aromatic heterocycles. The SMILES string of the molecule is C=CCc1c(Br)ccc2scc(CCNC(=O)c3ccccc3)c12. The first-order chi connectivity index (χ1) is 11.7. The Hall–Kier alpha value is -1.91. The van der Waals surface area contributed by atoms with Crippen LogP contribution in [0.1, 0.15) is 21.5 Å². The molecule has 4 heteroatoms. The summed E-state index contributed by atoms with van der Waals surface area (Å²) < 4.78 is 2.39. The minimum atomic E-state index is -0.0253. The number of allylic oxidation sites excluding steroid dienone is 1. The highest BCUT2D eigenvalue weighted by Crippen LogP contribution is 2.34. The molecule has 2 aromatic carbocycles. The minimum absolute atomic E-state index is 0.0253. The van der Waals surface area contributed by atoms with Crippen molar-refractivity contribution in [2.24, 2.45) is 0 Å². The van der Waals surface area contributed by atoms with E-state index in [1.165, 1.54) is 21.2 Å². The van der Waals surface area contributed by atoms with Gasteiger partial charge >= 0.3 is 0 Å². The van der Waals surface area contributed by atoms with Crippen LogP contribution in [0.15, 0.2) is 65.0 Å². The molecule has 0 fully saturated rings. The van der Waals surface area contributed by atoms with E-state index >= 15 is 0 Å². The zero-order valence-corrected chi connectivity index (χ0v) is 15.6. The zero-order valence-electron chi connectivity index (χ0n) is 13.2. The summed E-state index contributed by atoms with van der Waals surface area (Å²) in [5, 5.41) is 6.49. The number of thiophene rings is 1. The molecule has 0 bridgehead atoms. The lowest BCUT2D eigenvalue weighted by Gasteiger charge is -2.08. The van der Waals surface area contributed by atoms with E-state index in [0.717, 1.165) is 17.3 Å². The van der Waals surface area contributed by atoms with Crippen molar-refractivity contribution in [3.63, 3.8) is 0 Å². The molecule has 1 amide bonds. The van der Waals surface area contributed by atoms with Crippen molar-refractivity contribution in [1.82, 2.24) is 5.32 Å². The highest BCUT2D eigenvalue weighted by Gasteiger charge is 2.12.